The molecule has 0 aromatic heterocycles. The number of amides is 1. The van der Waals surface area contributed by atoms with E-state index in [1.807, 2.05) is 19.1 Å². The predicted molar refractivity (Wildman–Crippen MR) is 82.1 cm³/mol. The molecule has 21 heavy (non-hydrogen) atoms. The van der Waals surface area contributed by atoms with Crippen molar-refractivity contribution >= 4 is 5.91 Å². The molecule has 0 radical (unpaired) electrons. The molecule has 2 saturated heterocycles. The van der Waals surface area contributed by atoms with Gasteiger partial charge in [-0.1, -0.05) is 12.1 Å². The summed E-state index contributed by atoms with van der Waals surface area (Å²) in [5.41, 5.74) is 7.22. The van der Waals surface area contributed by atoms with E-state index in [0.29, 0.717) is 23.6 Å². The topological polar surface area (TPSA) is 66.6 Å². The highest BCUT2D eigenvalue weighted by Gasteiger charge is 2.41. The van der Waals surface area contributed by atoms with Crippen molar-refractivity contribution in [2.75, 3.05) is 6.54 Å². The maximum absolute atomic E-state index is 11.3. The summed E-state index contributed by atoms with van der Waals surface area (Å²) < 4.78 is 0. The van der Waals surface area contributed by atoms with Crippen molar-refractivity contribution in [3.63, 3.8) is 0 Å². The van der Waals surface area contributed by atoms with Crippen molar-refractivity contribution in [2.24, 2.45) is 5.73 Å². The first-order valence-corrected chi connectivity index (χ1v) is 7.88. The van der Waals surface area contributed by atoms with Gasteiger partial charge in [-0.2, -0.15) is 0 Å². The summed E-state index contributed by atoms with van der Waals surface area (Å²) in [5.74, 6) is 0.151. The fraction of sp³-hybridized carbons (Fsp3) is 0.588. The van der Waals surface area contributed by atoms with E-state index in [1.54, 1.807) is 6.07 Å². The van der Waals surface area contributed by atoms with Crippen LogP contribution in [-0.2, 0) is 0 Å². The number of nitrogens with zero attached hydrogens (tertiary/aromatic N) is 1. The summed E-state index contributed by atoms with van der Waals surface area (Å²) >= 11 is 0. The number of piperidine rings is 1. The van der Waals surface area contributed by atoms with Gasteiger partial charge in [-0.05, 0) is 56.2 Å². The van der Waals surface area contributed by atoms with Crippen molar-refractivity contribution < 1.29 is 9.90 Å². The molecule has 4 heteroatoms. The molecule has 0 aliphatic carbocycles. The number of hydrogen-bond donors (Lipinski definition) is 2. The first-order valence-electron chi connectivity index (χ1n) is 7.88. The molecule has 3 atom stereocenters. The first kappa shape index (κ1) is 14.5. The van der Waals surface area contributed by atoms with Crippen LogP contribution in [-0.4, -0.2) is 40.6 Å². The van der Waals surface area contributed by atoms with Crippen LogP contribution >= 0.6 is 0 Å². The van der Waals surface area contributed by atoms with Gasteiger partial charge >= 0.3 is 0 Å². The molecule has 3 rings (SSSR count). The van der Waals surface area contributed by atoms with E-state index in [9.17, 15) is 9.90 Å². The van der Waals surface area contributed by atoms with Gasteiger partial charge in [0.1, 0.15) is 0 Å². The number of primary amides is 1. The molecule has 0 saturated carbocycles. The molecule has 0 spiro atoms. The number of fused-ring (bicyclic) bond motifs is 2. The Bertz CT molecular complexity index is 515. The minimum absolute atomic E-state index is 0.261. The molecule has 2 aliphatic rings. The summed E-state index contributed by atoms with van der Waals surface area (Å²) in [7, 11) is 0. The number of carbonyl (C=O) groups is 1. The third-order valence-corrected chi connectivity index (χ3v) is 5.00. The fourth-order valence-corrected chi connectivity index (χ4v) is 4.10. The Balaban J connectivity index is 1.75. The number of hydrogen-bond acceptors (Lipinski definition) is 3. The molecule has 1 aromatic carbocycles. The number of aliphatic hydroxyl groups is 1. The summed E-state index contributed by atoms with van der Waals surface area (Å²) in [6.45, 7) is 2.64. The highest BCUT2D eigenvalue weighted by atomic mass is 16.3. The lowest BCUT2D eigenvalue weighted by Gasteiger charge is -2.39. The first-order chi connectivity index (χ1) is 10.0. The Morgan fingerprint density at radius 1 is 1.38 bits per heavy atom. The molecule has 4 nitrogen and oxygen atoms in total. The molecule has 2 aliphatic heterocycles. The highest BCUT2D eigenvalue weighted by molar-refractivity contribution is 5.92. The molecule has 2 heterocycles. The molecule has 1 aromatic rings. The molecule has 3 N–H and O–H groups in total. The minimum Gasteiger partial charge on any atom is -0.392 e. The number of aliphatic hydroxyl groups excluding tert-OH is 1. The van der Waals surface area contributed by atoms with Crippen LogP contribution in [0.25, 0.3) is 0 Å². The fourth-order valence-electron chi connectivity index (χ4n) is 4.10. The maximum Gasteiger partial charge on any atom is 0.248 e. The van der Waals surface area contributed by atoms with Crippen molar-refractivity contribution in [3.05, 3.63) is 35.4 Å². The second-order valence-corrected chi connectivity index (χ2v) is 6.59. The quantitative estimate of drug-likeness (QED) is 0.889. The van der Waals surface area contributed by atoms with Gasteiger partial charge in [0, 0.05) is 24.2 Å². The SMILES string of the molecule is CC(O)CN1C2CCC1CC(c1cccc(C(N)=O)c1)C2. The van der Waals surface area contributed by atoms with Gasteiger partial charge in [-0.25, -0.2) is 0 Å². The molecule has 2 bridgehead atoms. The zero-order valence-electron chi connectivity index (χ0n) is 12.5. The monoisotopic (exact) mass is 288 g/mol. The summed E-state index contributed by atoms with van der Waals surface area (Å²) in [6.07, 6.45) is 4.42. The summed E-state index contributed by atoms with van der Waals surface area (Å²) in [5, 5.41) is 9.66. The molecule has 114 valence electrons. The van der Waals surface area contributed by atoms with E-state index in [1.165, 1.54) is 18.4 Å². The van der Waals surface area contributed by atoms with Gasteiger partial charge in [-0.3, -0.25) is 9.69 Å². The zero-order valence-corrected chi connectivity index (χ0v) is 12.5. The van der Waals surface area contributed by atoms with Crippen LogP contribution in [0.15, 0.2) is 24.3 Å². The summed E-state index contributed by atoms with van der Waals surface area (Å²) in [6, 6.07) is 8.92. The number of carbonyl (C=O) groups excluding carboxylic acids is 1. The molecular weight excluding hydrogens is 264 g/mol. The minimum atomic E-state index is -0.355. The Morgan fingerprint density at radius 2 is 2.05 bits per heavy atom. The van der Waals surface area contributed by atoms with Gasteiger partial charge in [0.25, 0.3) is 0 Å². The normalized spacial score (nSPS) is 30.3. The van der Waals surface area contributed by atoms with E-state index in [0.717, 1.165) is 19.4 Å². The van der Waals surface area contributed by atoms with E-state index in [2.05, 4.69) is 11.0 Å². The number of benzene rings is 1. The van der Waals surface area contributed by atoms with Crippen molar-refractivity contribution in [1.29, 1.82) is 0 Å². The van der Waals surface area contributed by atoms with Gasteiger partial charge in [-0.15, -0.1) is 0 Å². The number of nitrogens with two attached hydrogens (primary N) is 1. The van der Waals surface area contributed by atoms with Crippen molar-refractivity contribution in [3.8, 4) is 0 Å². The van der Waals surface area contributed by atoms with E-state index in [4.69, 9.17) is 5.73 Å². The largest absolute Gasteiger partial charge is 0.392 e. The third kappa shape index (κ3) is 2.97. The molecule has 1 amide bonds. The molecule has 2 fully saturated rings. The van der Waals surface area contributed by atoms with E-state index < -0.39 is 0 Å². The standard InChI is InChI=1S/C17H24N2O2/c1-11(20)10-19-15-5-6-16(19)9-14(8-15)12-3-2-4-13(7-12)17(18)21/h2-4,7,11,14-16,20H,5-6,8-10H2,1H3,(H2,18,21). The van der Waals surface area contributed by atoms with Crippen molar-refractivity contribution in [1.82, 2.24) is 4.90 Å². The van der Waals surface area contributed by atoms with Crippen LogP contribution in [0.5, 0.6) is 0 Å². The summed E-state index contributed by atoms with van der Waals surface area (Å²) in [4.78, 5) is 13.8. The predicted octanol–water partition coefficient (Wildman–Crippen LogP) is 1.88. The molecular formula is C17H24N2O2. The van der Waals surface area contributed by atoms with Crippen LogP contribution in [0.2, 0.25) is 0 Å². The van der Waals surface area contributed by atoms with E-state index >= 15 is 0 Å². The highest BCUT2D eigenvalue weighted by Crippen LogP contribution is 2.43. The van der Waals surface area contributed by atoms with Gasteiger partial charge in [0.15, 0.2) is 0 Å². The van der Waals surface area contributed by atoms with Gasteiger partial charge in [0.05, 0.1) is 6.10 Å². The average molecular weight is 288 g/mol. The van der Waals surface area contributed by atoms with Crippen LogP contribution in [0.3, 0.4) is 0 Å². The Hall–Kier alpha value is -1.39. The van der Waals surface area contributed by atoms with Gasteiger partial charge in [0.2, 0.25) is 5.91 Å². The maximum atomic E-state index is 11.3. The Morgan fingerprint density at radius 3 is 2.62 bits per heavy atom. The Kier molecular flexibility index (Phi) is 4.00. The van der Waals surface area contributed by atoms with Crippen LogP contribution in [0, 0.1) is 0 Å². The zero-order chi connectivity index (χ0) is 15.0. The van der Waals surface area contributed by atoms with Crippen LogP contribution in [0.1, 0.15) is 54.4 Å². The Labute approximate surface area is 125 Å². The smallest absolute Gasteiger partial charge is 0.248 e. The lowest BCUT2D eigenvalue weighted by molar-refractivity contribution is 0.0643. The number of rotatable bonds is 4. The van der Waals surface area contributed by atoms with Crippen molar-refractivity contribution in [2.45, 2.75) is 56.7 Å². The lowest BCUT2D eigenvalue weighted by Crippen LogP contribution is -2.45. The molecule has 3 unspecified atom stereocenters. The lowest BCUT2D eigenvalue weighted by atomic mass is 9.84. The van der Waals surface area contributed by atoms with Crippen LogP contribution < -0.4 is 5.73 Å². The van der Waals surface area contributed by atoms with Gasteiger partial charge < -0.3 is 10.8 Å². The van der Waals surface area contributed by atoms with E-state index in [-0.39, 0.29) is 12.0 Å². The average Bonchev–Trinajstić information content (AvgIpc) is 2.69. The third-order valence-electron chi connectivity index (χ3n) is 5.00. The van der Waals surface area contributed by atoms with Crippen LogP contribution in [0.4, 0.5) is 0 Å². The second kappa shape index (κ2) is 5.78. The second-order valence-electron chi connectivity index (χ2n) is 6.59.